The quantitative estimate of drug-likeness (QED) is 0.404. The minimum atomic E-state index is 0.806. The van der Waals surface area contributed by atoms with Crippen LogP contribution in [0.3, 0.4) is 0 Å². The first-order valence-corrected chi connectivity index (χ1v) is 9.17. The summed E-state index contributed by atoms with van der Waals surface area (Å²) in [6.45, 7) is 0.806. The topological polar surface area (TPSA) is 24.1 Å². The molecule has 0 fully saturated rings. The third-order valence-electron chi connectivity index (χ3n) is 4.51. The lowest BCUT2D eigenvalue weighted by atomic mass is 10.0. The van der Waals surface area contributed by atoms with E-state index in [0.717, 1.165) is 23.6 Å². The van der Waals surface area contributed by atoms with E-state index in [2.05, 4.69) is 95.6 Å². The van der Waals surface area contributed by atoms with Gasteiger partial charge in [-0.2, -0.15) is 0 Å². The van der Waals surface area contributed by atoms with Crippen LogP contribution in [0, 0.1) is 0 Å². The Hall–Kier alpha value is -3.52. The van der Waals surface area contributed by atoms with Gasteiger partial charge in [0.1, 0.15) is 0 Å². The van der Waals surface area contributed by atoms with Crippen LogP contribution in [0.4, 0.5) is 17.1 Å². The van der Waals surface area contributed by atoms with Crippen molar-refractivity contribution in [1.82, 2.24) is 0 Å². The van der Waals surface area contributed by atoms with Gasteiger partial charge in [0.25, 0.3) is 0 Å². The van der Waals surface area contributed by atoms with Gasteiger partial charge in [-0.25, -0.2) is 0 Å². The number of rotatable bonds is 6. The molecule has 4 aromatic carbocycles. The first-order valence-electron chi connectivity index (χ1n) is 9.17. The highest BCUT2D eigenvalue weighted by Gasteiger charge is 1.99. The highest BCUT2D eigenvalue weighted by atomic mass is 14.9. The molecule has 4 aromatic rings. The monoisotopic (exact) mass is 350 g/mol. The molecule has 0 heterocycles. The minimum Gasteiger partial charge on any atom is -0.381 e. The van der Waals surface area contributed by atoms with Gasteiger partial charge >= 0.3 is 0 Å². The highest BCUT2D eigenvalue weighted by molar-refractivity contribution is 5.64. The van der Waals surface area contributed by atoms with Gasteiger partial charge in [-0.15, -0.1) is 0 Å². The van der Waals surface area contributed by atoms with E-state index >= 15 is 0 Å². The third kappa shape index (κ3) is 4.56. The molecule has 2 N–H and O–H groups in total. The van der Waals surface area contributed by atoms with Crippen LogP contribution in [0.5, 0.6) is 0 Å². The van der Waals surface area contributed by atoms with E-state index < -0.39 is 0 Å². The molecule has 0 aromatic heterocycles. The van der Waals surface area contributed by atoms with Crippen molar-refractivity contribution in [3.8, 4) is 11.1 Å². The van der Waals surface area contributed by atoms with Crippen molar-refractivity contribution in [2.45, 2.75) is 6.54 Å². The second-order valence-electron chi connectivity index (χ2n) is 6.48. The van der Waals surface area contributed by atoms with Crippen LogP contribution in [0.2, 0.25) is 0 Å². The molecule has 2 nitrogen and oxygen atoms in total. The molecule has 0 saturated heterocycles. The zero-order valence-corrected chi connectivity index (χ0v) is 15.1. The van der Waals surface area contributed by atoms with Crippen molar-refractivity contribution in [1.29, 1.82) is 0 Å². The Labute approximate surface area is 160 Å². The lowest BCUT2D eigenvalue weighted by Crippen LogP contribution is -1.99. The molecule has 0 saturated carbocycles. The fourth-order valence-corrected chi connectivity index (χ4v) is 3.01. The molecule has 4 rings (SSSR count). The lowest BCUT2D eigenvalue weighted by molar-refractivity contribution is 1.15. The standard InChI is InChI=1S/C25H22N2/c1-3-7-21(8-4-1)22-13-11-20(12-14-22)19-26-23-15-17-25(18-16-23)27-24-9-5-2-6-10-24/h1-18,26-27H,19H2. The van der Waals surface area contributed by atoms with Crippen LogP contribution in [-0.2, 0) is 6.54 Å². The predicted molar refractivity (Wildman–Crippen MR) is 115 cm³/mol. The van der Waals surface area contributed by atoms with E-state index in [-0.39, 0.29) is 0 Å². The molecule has 0 radical (unpaired) electrons. The Morgan fingerprint density at radius 2 is 0.963 bits per heavy atom. The van der Waals surface area contributed by atoms with E-state index in [1.807, 2.05) is 24.3 Å². The molecule has 0 bridgehead atoms. The Kier molecular flexibility index (Phi) is 5.16. The second-order valence-corrected chi connectivity index (χ2v) is 6.48. The zero-order valence-electron chi connectivity index (χ0n) is 15.1. The molecule has 0 aliphatic rings. The number of nitrogens with one attached hydrogen (secondary N) is 2. The van der Waals surface area contributed by atoms with Crippen LogP contribution in [0.1, 0.15) is 5.56 Å². The van der Waals surface area contributed by atoms with Crippen molar-refractivity contribution in [3.63, 3.8) is 0 Å². The van der Waals surface area contributed by atoms with Crippen molar-refractivity contribution < 1.29 is 0 Å². The first kappa shape index (κ1) is 16.9. The van der Waals surface area contributed by atoms with E-state index in [0.29, 0.717) is 0 Å². The van der Waals surface area contributed by atoms with Crippen LogP contribution in [-0.4, -0.2) is 0 Å². The molecule has 2 heteroatoms. The SMILES string of the molecule is c1ccc(Nc2ccc(NCc3ccc(-c4ccccc4)cc3)cc2)cc1. The molecule has 0 atom stereocenters. The summed E-state index contributed by atoms with van der Waals surface area (Å²) in [7, 11) is 0. The van der Waals surface area contributed by atoms with Crippen LogP contribution >= 0.6 is 0 Å². The van der Waals surface area contributed by atoms with Gasteiger partial charge in [0.15, 0.2) is 0 Å². The number of benzene rings is 4. The first-order chi connectivity index (χ1) is 13.4. The fourth-order valence-electron chi connectivity index (χ4n) is 3.01. The largest absolute Gasteiger partial charge is 0.381 e. The molecular formula is C25H22N2. The average Bonchev–Trinajstić information content (AvgIpc) is 2.75. The Balaban J connectivity index is 1.34. The summed E-state index contributed by atoms with van der Waals surface area (Å²) in [5, 5.41) is 6.88. The van der Waals surface area contributed by atoms with E-state index in [1.165, 1.54) is 16.7 Å². The van der Waals surface area contributed by atoms with Gasteiger partial charge in [-0.1, -0.05) is 72.8 Å². The van der Waals surface area contributed by atoms with Crippen molar-refractivity contribution in [2.24, 2.45) is 0 Å². The van der Waals surface area contributed by atoms with Gasteiger partial charge in [-0.3, -0.25) is 0 Å². The maximum Gasteiger partial charge on any atom is 0.0400 e. The number of hydrogen-bond donors (Lipinski definition) is 2. The molecule has 0 amide bonds. The molecule has 0 aliphatic carbocycles. The number of hydrogen-bond acceptors (Lipinski definition) is 2. The molecule has 0 unspecified atom stereocenters. The number of anilines is 3. The fraction of sp³-hybridized carbons (Fsp3) is 0.0400. The molecule has 0 spiro atoms. The summed E-state index contributed by atoms with van der Waals surface area (Å²) >= 11 is 0. The van der Waals surface area contributed by atoms with Gasteiger partial charge in [0.05, 0.1) is 0 Å². The molecule has 132 valence electrons. The average molecular weight is 350 g/mol. The maximum absolute atomic E-state index is 3.48. The smallest absolute Gasteiger partial charge is 0.0400 e. The van der Waals surface area contributed by atoms with Gasteiger partial charge in [-0.05, 0) is 53.1 Å². The van der Waals surface area contributed by atoms with Crippen molar-refractivity contribution in [2.75, 3.05) is 10.6 Å². The Morgan fingerprint density at radius 3 is 1.63 bits per heavy atom. The maximum atomic E-state index is 3.48. The van der Waals surface area contributed by atoms with Crippen LogP contribution in [0.15, 0.2) is 109 Å². The zero-order chi connectivity index (χ0) is 18.3. The third-order valence-corrected chi connectivity index (χ3v) is 4.51. The molecule has 0 aliphatic heterocycles. The molecular weight excluding hydrogens is 328 g/mol. The van der Waals surface area contributed by atoms with Gasteiger partial charge in [0.2, 0.25) is 0 Å². The summed E-state index contributed by atoms with van der Waals surface area (Å²) in [5.74, 6) is 0. The summed E-state index contributed by atoms with van der Waals surface area (Å²) in [4.78, 5) is 0. The summed E-state index contributed by atoms with van der Waals surface area (Å²) in [5.41, 5.74) is 7.05. The van der Waals surface area contributed by atoms with E-state index in [9.17, 15) is 0 Å². The van der Waals surface area contributed by atoms with Gasteiger partial charge < -0.3 is 10.6 Å². The summed E-state index contributed by atoms with van der Waals surface area (Å²) < 4.78 is 0. The van der Waals surface area contributed by atoms with Crippen LogP contribution < -0.4 is 10.6 Å². The second kappa shape index (κ2) is 8.24. The molecule has 27 heavy (non-hydrogen) atoms. The number of para-hydroxylation sites is 1. The summed E-state index contributed by atoms with van der Waals surface area (Å²) in [6, 6.07) is 37.8. The summed E-state index contributed by atoms with van der Waals surface area (Å²) in [6.07, 6.45) is 0. The Bertz CT molecular complexity index is 960. The van der Waals surface area contributed by atoms with Gasteiger partial charge in [0, 0.05) is 23.6 Å². The lowest BCUT2D eigenvalue weighted by Gasteiger charge is -2.10. The predicted octanol–water partition coefficient (Wildman–Crippen LogP) is 6.71. The van der Waals surface area contributed by atoms with E-state index in [4.69, 9.17) is 0 Å². The van der Waals surface area contributed by atoms with Crippen LogP contribution in [0.25, 0.3) is 11.1 Å². The normalized spacial score (nSPS) is 10.4. The highest BCUT2D eigenvalue weighted by Crippen LogP contribution is 2.21. The van der Waals surface area contributed by atoms with Crippen molar-refractivity contribution >= 4 is 17.1 Å². The Morgan fingerprint density at radius 1 is 0.444 bits per heavy atom. The minimum absolute atomic E-state index is 0.806. The van der Waals surface area contributed by atoms with Crippen molar-refractivity contribution in [3.05, 3.63) is 115 Å². The van der Waals surface area contributed by atoms with E-state index in [1.54, 1.807) is 0 Å².